The van der Waals surface area contributed by atoms with E-state index in [-0.39, 0.29) is 11.4 Å². The van der Waals surface area contributed by atoms with E-state index >= 15 is 0 Å². The van der Waals surface area contributed by atoms with Gasteiger partial charge in [0, 0.05) is 11.6 Å². The van der Waals surface area contributed by atoms with Crippen molar-refractivity contribution in [1.29, 1.82) is 0 Å². The van der Waals surface area contributed by atoms with Crippen molar-refractivity contribution >= 4 is 23.6 Å². The van der Waals surface area contributed by atoms with Crippen molar-refractivity contribution in [2.24, 2.45) is 0 Å². The number of carbonyl (C=O) groups is 3. The first-order chi connectivity index (χ1) is 13.5. The molecule has 0 aliphatic carbocycles. The molecule has 0 bridgehead atoms. The summed E-state index contributed by atoms with van der Waals surface area (Å²) in [5.74, 6) is -0.855. The fourth-order valence-corrected chi connectivity index (χ4v) is 2.12. The third-order valence-electron chi connectivity index (χ3n) is 3.39. The summed E-state index contributed by atoms with van der Waals surface area (Å²) in [6.45, 7) is -0.974. The summed E-state index contributed by atoms with van der Waals surface area (Å²) in [6.07, 6.45) is 1.28. The van der Waals surface area contributed by atoms with Crippen LogP contribution in [0.3, 0.4) is 0 Å². The molecule has 0 radical (unpaired) electrons. The maximum Gasteiger partial charge on any atom is 0.325 e. The fraction of sp³-hybridized carbons (Fsp3) is 0.294. The Morgan fingerprint density at radius 1 is 1.07 bits per heavy atom. The summed E-state index contributed by atoms with van der Waals surface area (Å²) < 4.78 is 24.8. The number of benzene rings is 1. The van der Waals surface area contributed by atoms with Crippen molar-refractivity contribution < 1.29 is 37.9 Å². The minimum absolute atomic E-state index is 0.186. The van der Waals surface area contributed by atoms with Crippen LogP contribution in [0.4, 0.5) is 5.82 Å². The van der Waals surface area contributed by atoms with Gasteiger partial charge >= 0.3 is 5.97 Å². The highest BCUT2D eigenvalue weighted by Gasteiger charge is 2.18. The molecular weight excluding hydrogens is 374 g/mol. The largest absolute Gasteiger partial charge is 0.493 e. The van der Waals surface area contributed by atoms with Gasteiger partial charge < -0.3 is 34.1 Å². The van der Waals surface area contributed by atoms with E-state index in [0.29, 0.717) is 17.2 Å². The Labute approximate surface area is 159 Å². The van der Waals surface area contributed by atoms with Gasteiger partial charge in [-0.1, -0.05) is 5.16 Å². The van der Waals surface area contributed by atoms with Crippen LogP contribution < -0.4 is 24.8 Å². The van der Waals surface area contributed by atoms with Gasteiger partial charge in [0.15, 0.2) is 23.9 Å². The molecule has 0 aliphatic rings. The Hall–Kier alpha value is -3.76. The van der Waals surface area contributed by atoms with Crippen molar-refractivity contribution in [2.75, 3.05) is 39.8 Å². The molecule has 1 heterocycles. The number of nitrogens with zero attached hydrogens (tertiary/aromatic N) is 1. The zero-order valence-corrected chi connectivity index (χ0v) is 15.4. The number of ether oxygens (including phenoxy) is 4. The fourth-order valence-electron chi connectivity index (χ4n) is 2.12. The summed E-state index contributed by atoms with van der Waals surface area (Å²) in [4.78, 5) is 35.6. The minimum Gasteiger partial charge on any atom is -0.493 e. The van der Waals surface area contributed by atoms with Crippen LogP contribution in [0.15, 0.2) is 29.0 Å². The molecule has 1 aromatic carbocycles. The average molecular weight is 393 g/mol. The Kier molecular flexibility index (Phi) is 7.20. The van der Waals surface area contributed by atoms with Gasteiger partial charge in [0.25, 0.3) is 11.8 Å². The standard InChI is InChI=1S/C17H19N3O8/c1-24-11-6-10(7-12(25-2)16(11)26-3)17(23)18-8-15(22)27-9-14(21)19-13-4-5-28-20-13/h4-7H,8-9H2,1-3H3,(H,18,23)(H,19,20,21). The highest BCUT2D eigenvalue weighted by atomic mass is 16.5. The second-order valence-corrected chi connectivity index (χ2v) is 5.19. The van der Waals surface area contributed by atoms with Crippen molar-refractivity contribution in [2.45, 2.75) is 0 Å². The van der Waals surface area contributed by atoms with Crippen LogP contribution in [0.2, 0.25) is 0 Å². The molecule has 0 saturated heterocycles. The van der Waals surface area contributed by atoms with Crippen molar-refractivity contribution in [1.82, 2.24) is 10.5 Å². The molecule has 150 valence electrons. The molecule has 0 spiro atoms. The minimum atomic E-state index is -0.795. The molecule has 0 fully saturated rings. The average Bonchev–Trinajstić information content (AvgIpc) is 3.21. The van der Waals surface area contributed by atoms with Gasteiger partial charge in [-0.05, 0) is 12.1 Å². The van der Waals surface area contributed by atoms with Crippen molar-refractivity contribution in [3.05, 3.63) is 30.0 Å². The second-order valence-electron chi connectivity index (χ2n) is 5.19. The molecule has 0 saturated carbocycles. The zero-order valence-electron chi connectivity index (χ0n) is 15.4. The van der Waals surface area contributed by atoms with E-state index < -0.39 is 30.9 Å². The molecule has 11 heteroatoms. The van der Waals surface area contributed by atoms with E-state index in [9.17, 15) is 14.4 Å². The summed E-state index contributed by atoms with van der Waals surface area (Å²) in [7, 11) is 4.27. The number of amides is 2. The summed E-state index contributed by atoms with van der Waals surface area (Å²) in [6, 6.07) is 4.30. The lowest BCUT2D eigenvalue weighted by Gasteiger charge is -2.14. The topological polar surface area (TPSA) is 138 Å². The Bertz CT molecular complexity index is 810. The molecule has 0 atom stereocenters. The predicted octanol–water partition coefficient (Wildman–Crippen LogP) is 0.612. The van der Waals surface area contributed by atoms with Gasteiger partial charge in [0.1, 0.15) is 12.8 Å². The zero-order chi connectivity index (χ0) is 20.5. The smallest absolute Gasteiger partial charge is 0.325 e. The van der Waals surface area contributed by atoms with E-state index in [0.717, 1.165) is 0 Å². The first-order valence-corrected chi connectivity index (χ1v) is 7.92. The molecule has 11 nitrogen and oxygen atoms in total. The maximum absolute atomic E-state index is 12.3. The van der Waals surface area contributed by atoms with Crippen LogP contribution in [0, 0.1) is 0 Å². The Morgan fingerprint density at radius 2 is 1.75 bits per heavy atom. The number of anilines is 1. The number of rotatable bonds is 9. The van der Waals surface area contributed by atoms with E-state index in [1.54, 1.807) is 0 Å². The number of aromatic nitrogens is 1. The van der Waals surface area contributed by atoms with Gasteiger partial charge in [0.05, 0.1) is 21.3 Å². The number of esters is 1. The molecule has 2 amide bonds. The highest BCUT2D eigenvalue weighted by Crippen LogP contribution is 2.38. The quantitative estimate of drug-likeness (QED) is 0.587. The van der Waals surface area contributed by atoms with Gasteiger partial charge in [-0.15, -0.1) is 0 Å². The Morgan fingerprint density at radius 3 is 2.29 bits per heavy atom. The van der Waals surface area contributed by atoms with Crippen LogP contribution in [0.1, 0.15) is 10.4 Å². The maximum atomic E-state index is 12.3. The molecule has 1 aromatic heterocycles. The van der Waals surface area contributed by atoms with Crippen LogP contribution in [-0.2, 0) is 14.3 Å². The van der Waals surface area contributed by atoms with Gasteiger partial charge in [0.2, 0.25) is 5.75 Å². The number of methoxy groups -OCH3 is 3. The lowest BCUT2D eigenvalue weighted by molar-refractivity contribution is -0.146. The summed E-state index contributed by atoms with van der Waals surface area (Å²) >= 11 is 0. The second kappa shape index (κ2) is 9.80. The van der Waals surface area contributed by atoms with Crippen LogP contribution >= 0.6 is 0 Å². The predicted molar refractivity (Wildman–Crippen MR) is 94.5 cm³/mol. The van der Waals surface area contributed by atoms with E-state index in [4.69, 9.17) is 18.9 Å². The lowest BCUT2D eigenvalue weighted by Crippen LogP contribution is -2.32. The van der Waals surface area contributed by atoms with Gasteiger partial charge in [-0.2, -0.15) is 0 Å². The number of nitrogens with one attached hydrogen (secondary N) is 2. The van der Waals surface area contributed by atoms with Crippen molar-refractivity contribution in [3.63, 3.8) is 0 Å². The third-order valence-corrected chi connectivity index (χ3v) is 3.39. The third kappa shape index (κ3) is 5.37. The normalized spacial score (nSPS) is 9.96. The molecule has 0 aliphatic heterocycles. The SMILES string of the molecule is COc1cc(C(=O)NCC(=O)OCC(=O)Nc2ccon2)cc(OC)c1OC. The Balaban J connectivity index is 1.87. The molecule has 2 aromatic rings. The first-order valence-electron chi connectivity index (χ1n) is 7.92. The van der Waals surface area contributed by atoms with Crippen LogP contribution in [0.5, 0.6) is 17.2 Å². The summed E-state index contributed by atoms with van der Waals surface area (Å²) in [5, 5.41) is 8.22. The summed E-state index contributed by atoms with van der Waals surface area (Å²) in [5.41, 5.74) is 0.186. The van der Waals surface area contributed by atoms with E-state index in [1.807, 2.05) is 0 Å². The van der Waals surface area contributed by atoms with Gasteiger partial charge in [-0.3, -0.25) is 14.4 Å². The van der Waals surface area contributed by atoms with Crippen molar-refractivity contribution in [3.8, 4) is 17.2 Å². The lowest BCUT2D eigenvalue weighted by atomic mass is 10.1. The van der Waals surface area contributed by atoms with E-state index in [1.165, 1.54) is 45.8 Å². The molecule has 2 N–H and O–H groups in total. The molecule has 2 rings (SSSR count). The van der Waals surface area contributed by atoms with Crippen LogP contribution in [-0.4, -0.2) is 57.4 Å². The molecule has 0 unspecified atom stereocenters. The number of carbonyl (C=O) groups excluding carboxylic acids is 3. The molecular formula is C17H19N3O8. The monoisotopic (exact) mass is 393 g/mol. The highest BCUT2D eigenvalue weighted by molar-refractivity contribution is 5.97. The first kappa shape index (κ1) is 20.6. The van der Waals surface area contributed by atoms with Gasteiger partial charge in [-0.25, -0.2) is 0 Å². The van der Waals surface area contributed by atoms with E-state index in [2.05, 4.69) is 20.3 Å². The molecule has 28 heavy (non-hydrogen) atoms. The number of hydrogen-bond acceptors (Lipinski definition) is 9. The van der Waals surface area contributed by atoms with Crippen LogP contribution in [0.25, 0.3) is 0 Å². The number of hydrogen-bond donors (Lipinski definition) is 2.